The van der Waals surface area contributed by atoms with Crippen LogP contribution >= 0.6 is 0 Å². The molecule has 2 amide bonds. The van der Waals surface area contributed by atoms with Gasteiger partial charge in [-0.2, -0.15) is 0 Å². The summed E-state index contributed by atoms with van der Waals surface area (Å²) in [6.07, 6.45) is 1.85. The molecule has 0 aromatic heterocycles. The van der Waals surface area contributed by atoms with Gasteiger partial charge in [0.1, 0.15) is 17.7 Å². The number of alkyl halides is 1. The fourth-order valence-electron chi connectivity index (χ4n) is 5.98. The Morgan fingerprint density at radius 1 is 1.12 bits per heavy atom. The molecule has 2 aliphatic rings. The molecule has 3 N–H and O–H groups in total. The Morgan fingerprint density at radius 3 is 2.53 bits per heavy atom. The lowest BCUT2D eigenvalue weighted by atomic mass is 9.77. The van der Waals surface area contributed by atoms with Crippen LogP contribution < -0.4 is 20.1 Å². The van der Waals surface area contributed by atoms with Gasteiger partial charge in [0.05, 0.1) is 11.7 Å². The van der Waals surface area contributed by atoms with Gasteiger partial charge in [-0.1, -0.05) is 39.0 Å². The fraction of sp³-hybridized carbons (Fsp3) is 0.562. The van der Waals surface area contributed by atoms with E-state index in [2.05, 4.69) is 15.4 Å². The summed E-state index contributed by atoms with van der Waals surface area (Å²) in [6.45, 7) is 9.33. The molecule has 3 atom stereocenters. The van der Waals surface area contributed by atoms with Gasteiger partial charge in [-0.05, 0) is 79.8 Å². The second-order valence-electron chi connectivity index (χ2n) is 12.9. The van der Waals surface area contributed by atoms with Crippen molar-refractivity contribution in [3.8, 4) is 16.9 Å². The summed E-state index contributed by atoms with van der Waals surface area (Å²) in [5.74, 6) is -1.15. The maximum atomic E-state index is 15.6. The number of hydrogen-bond donors (Lipinski definition) is 3. The zero-order valence-electron chi connectivity index (χ0n) is 25.6. The fourth-order valence-corrected chi connectivity index (χ4v) is 6.61. The number of amides is 2. The molecule has 2 aromatic carbocycles. The van der Waals surface area contributed by atoms with Crippen LogP contribution in [0.4, 0.5) is 8.78 Å². The maximum absolute atomic E-state index is 15.6. The zero-order chi connectivity index (χ0) is 31.6. The standard InChI is InChI=1S/C32H43F2N3O5S/c1-6-24-25(8-7-9-27(24)33)26-14-21(15-29(38)37-43(40,41)20(2)3)10-13-28(26)42-23-12-11-22(16-23)36-30(39)32(34)17-31(4,5)18-35-19-32/h7-10,13-14,20,22-23,35H,6,11-12,15-19H2,1-5H3,(H,36,39)(H,37,38)/t22-,23-,32+/m1/s1. The quantitative estimate of drug-likeness (QED) is 0.359. The van der Waals surface area contributed by atoms with Gasteiger partial charge in [0.2, 0.25) is 21.6 Å². The number of nitrogens with one attached hydrogen (secondary N) is 3. The van der Waals surface area contributed by atoms with Crippen LogP contribution in [0.2, 0.25) is 0 Å². The number of carbonyl (C=O) groups is 2. The second kappa shape index (κ2) is 12.9. The lowest BCUT2D eigenvalue weighted by Crippen LogP contribution is -2.59. The summed E-state index contributed by atoms with van der Waals surface area (Å²) < 4.78 is 63.2. The van der Waals surface area contributed by atoms with Crippen molar-refractivity contribution < 1.29 is 31.5 Å². The van der Waals surface area contributed by atoms with E-state index in [1.54, 1.807) is 30.3 Å². The molecule has 4 rings (SSSR count). The van der Waals surface area contributed by atoms with Crippen molar-refractivity contribution in [3.63, 3.8) is 0 Å². The maximum Gasteiger partial charge on any atom is 0.259 e. The Bertz CT molecular complexity index is 1460. The predicted octanol–water partition coefficient (Wildman–Crippen LogP) is 4.60. The first-order valence-corrected chi connectivity index (χ1v) is 16.5. The summed E-state index contributed by atoms with van der Waals surface area (Å²) in [5.41, 5.74) is -0.0723. The molecule has 8 nitrogen and oxygen atoms in total. The summed E-state index contributed by atoms with van der Waals surface area (Å²) >= 11 is 0. The molecular weight excluding hydrogens is 576 g/mol. The molecule has 0 radical (unpaired) electrons. The summed E-state index contributed by atoms with van der Waals surface area (Å²) in [7, 11) is -3.78. The third-order valence-corrected chi connectivity index (χ3v) is 9.99. The largest absolute Gasteiger partial charge is 0.490 e. The van der Waals surface area contributed by atoms with E-state index in [-0.39, 0.29) is 42.8 Å². The third-order valence-electron chi connectivity index (χ3n) is 8.24. The highest BCUT2D eigenvalue weighted by Gasteiger charge is 2.47. The van der Waals surface area contributed by atoms with Crippen LogP contribution in [0.3, 0.4) is 0 Å². The van der Waals surface area contributed by atoms with E-state index >= 15 is 4.39 Å². The molecule has 1 saturated carbocycles. The van der Waals surface area contributed by atoms with Crippen LogP contribution in [0, 0.1) is 11.2 Å². The van der Waals surface area contributed by atoms with E-state index in [0.29, 0.717) is 60.2 Å². The summed E-state index contributed by atoms with van der Waals surface area (Å²) in [6, 6.07) is 9.66. The van der Waals surface area contributed by atoms with E-state index in [0.717, 1.165) is 0 Å². The molecule has 1 heterocycles. The lowest BCUT2D eigenvalue weighted by molar-refractivity contribution is -0.137. The normalized spacial score (nSPS) is 23.6. The SMILES string of the molecule is CCc1c(F)cccc1-c1cc(CC(=O)NS(=O)(=O)C(C)C)ccc1O[C@@H]1CC[C@@H](NC(=O)[C@@]2(F)CNCC(C)(C)C2)C1. The Kier molecular flexibility index (Phi) is 9.85. The summed E-state index contributed by atoms with van der Waals surface area (Å²) in [4.78, 5) is 25.5. The van der Waals surface area contributed by atoms with Crippen LogP contribution in [0.1, 0.15) is 71.4 Å². The van der Waals surface area contributed by atoms with Crippen molar-refractivity contribution in [2.45, 2.75) is 96.2 Å². The zero-order valence-corrected chi connectivity index (χ0v) is 26.4. The minimum Gasteiger partial charge on any atom is -0.490 e. The van der Waals surface area contributed by atoms with Crippen molar-refractivity contribution in [1.82, 2.24) is 15.4 Å². The molecule has 1 saturated heterocycles. The molecule has 2 aromatic rings. The Morgan fingerprint density at radius 2 is 1.86 bits per heavy atom. The lowest BCUT2D eigenvalue weighted by Gasteiger charge is -2.39. The van der Waals surface area contributed by atoms with Gasteiger partial charge >= 0.3 is 0 Å². The van der Waals surface area contributed by atoms with Crippen LogP contribution in [0.25, 0.3) is 11.1 Å². The first kappa shape index (κ1) is 32.9. The van der Waals surface area contributed by atoms with Crippen molar-refractivity contribution >= 4 is 21.8 Å². The number of halogens is 2. The second-order valence-corrected chi connectivity index (χ2v) is 15.1. The smallest absolute Gasteiger partial charge is 0.259 e. The first-order chi connectivity index (χ1) is 20.1. The highest BCUT2D eigenvalue weighted by molar-refractivity contribution is 7.90. The number of piperidine rings is 1. The van der Waals surface area contributed by atoms with Gasteiger partial charge in [-0.3, -0.25) is 14.3 Å². The third kappa shape index (κ3) is 7.92. The molecule has 2 fully saturated rings. The molecule has 1 aliphatic heterocycles. The number of ether oxygens (including phenoxy) is 1. The molecule has 236 valence electrons. The minimum absolute atomic E-state index is 0.0144. The van der Waals surface area contributed by atoms with Crippen molar-refractivity contribution in [1.29, 1.82) is 0 Å². The molecule has 43 heavy (non-hydrogen) atoms. The van der Waals surface area contributed by atoms with Crippen LogP contribution in [-0.4, -0.2) is 56.4 Å². The molecule has 0 unspecified atom stereocenters. The first-order valence-electron chi connectivity index (χ1n) is 14.9. The van der Waals surface area contributed by atoms with Crippen LogP contribution in [-0.2, 0) is 32.5 Å². The Hall–Kier alpha value is -3.05. The molecule has 0 spiro atoms. The Balaban J connectivity index is 1.53. The van der Waals surface area contributed by atoms with Crippen molar-refractivity contribution in [3.05, 3.63) is 53.3 Å². The average Bonchev–Trinajstić information content (AvgIpc) is 3.34. The topological polar surface area (TPSA) is 114 Å². The van der Waals surface area contributed by atoms with Crippen molar-refractivity contribution in [2.75, 3.05) is 13.1 Å². The van der Waals surface area contributed by atoms with Gasteiger partial charge in [0.15, 0.2) is 0 Å². The highest BCUT2D eigenvalue weighted by Crippen LogP contribution is 2.38. The van der Waals surface area contributed by atoms with E-state index in [1.165, 1.54) is 19.9 Å². The van der Waals surface area contributed by atoms with E-state index < -0.39 is 32.8 Å². The molecule has 11 heteroatoms. The average molecular weight is 620 g/mol. The van der Waals surface area contributed by atoms with Crippen LogP contribution in [0.15, 0.2) is 36.4 Å². The highest BCUT2D eigenvalue weighted by atomic mass is 32.2. The molecular formula is C32H43F2N3O5S. The predicted molar refractivity (Wildman–Crippen MR) is 162 cm³/mol. The van der Waals surface area contributed by atoms with E-state index in [4.69, 9.17) is 4.74 Å². The van der Waals surface area contributed by atoms with Gasteiger partial charge in [0.25, 0.3) is 5.91 Å². The van der Waals surface area contributed by atoms with Gasteiger partial charge in [-0.25, -0.2) is 17.2 Å². The van der Waals surface area contributed by atoms with Gasteiger partial charge in [0, 0.05) is 31.1 Å². The van der Waals surface area contributed by atoms with Crippen molar-refractivity contribution in [2.24, 2.45) is 5.41 Å². The van der Waals surface area contributed by atoms with E-state index in [1.807, 2.05) is 20.8 Å². The van der Waals surface area contributed by atoms with Crippen LogP contribution in [0.5, 0.6) is 5.75 Å². The monoisotopic (exact) mass is 619 g/mol. The number of carbonyl (C=O) groups excluding carboxylic acids is 2. The number of sulfonamides is 1. The number of benzene rings is 2. The number of rotatable bonds is 10. The van der Waals surface area contributed by atoms with Gasteiger partial charge in [-0.15, -0.1) is 0 Å². The van der Waals surface area contributed by atoms with Gasteiger partial charge < -0.3 is 15.4 Å². The summed E-state index contributed by atoms with van der Waals surface area (Å²) in [5, 5.41) is 5.17. The number of hydrogen-bond acceptors (Lipinski definition) is 6. The molecule has 1 aliphatic carbocycles. The Labute approximate surface area is 253 Å². The minimum atomic E-state index is -3.78. The van der Waals surface area contributed by atoms with E-state index in [9.17, 15) is 22.4 Å². The molecule has 0 bridgehead atoms.